The molecule has 0 bridgehead atoms. The third kappa shape index (κ3) is 3.16. The summed E-state index contributed by atoms with van der Waals surface area (Å²) in [5.41, 5.74) is 1.65. The van der Waals surface area contributed by atoms with Gasteiger partial charge in [0.2, 0.25) is 0 Å². The molecule has 0 saturated heterocycles. The fourth-order valence-electron chi connectivity index (χ4n) is 2.41. The van der Waals surface area contributed by atoms with E-state index in [-0.39, 0.29) is 5.75 Å². The molecule has 2 rings (SSSR count). The van der Waals surface area contributed by atoms with E-state index in [9.17, 15) is 5.11 Å². The quantitative estimate of drug-likeness (QED) is 0.814. The number of rotatable bonds is 6. The Morgan fingerprint density at radius 3 is 2.78 bits per heavy atom. The second kappa shape index (κ2) is 5.61. The molecule has 1 fully saturated rings. The van der Waals surface area contributed by atoms with Crippen LogP contribution in [0.4, 0.5) is 0 Å². The highest BCUT2D eigenvalue weighted by molar-refractivity contribution is 5.41. The minimum absolute atomic E-state index is 0.214. The van der Waals surface area contributed by atoms with Crippen LogP contribution in [0.5, 0.6) is 11.5 Å². The van der Waals surface area contributed by atoms with Crippen molar-refractivity contribution in [2.24, 2.45) is 5.41 Å². The van der Waals surface area contributed by atoms with Crippen LogP contribution in [0.25, 0.3) is 0 Å². The van der Waals surface area contributed by atoms with Crippen molar-refractivity contribution in [3.8, 4) is 11.5 Å². The van der Waals surface area contributed by atoms with Crippen LogP contribution in [-0.4, -0.2) is 18.3 Å². The summed E-state index contributed by atoms with van der Waals surface area (Å²) >= 11 is 0. The molecule has 1 aromatic rings. The van der Waals surface area contributed by atoms with Gasteiger partial charge in [0.15, 0.2) is 11.5 Å². The van der Waals surface area contributed by atoms with Crippen LogP contribution in [0.15, 0.2) is 18.2 Å². The van der Waals surface area contributed by atoms with Gasteiger partial charge in [-0.05, 0) is 42.9 Å². The molecule has 18 heavy (non-hydrogen) atoms. The molecule has 1 aliphatic carbocycles. The Kier molecular flexibility index (Phi) is 4.12. The number of hydrogen-bond acceptors (Lipinski definition) is 3. The van der Waals surface area contributed by atoms with Gasteiger partial charge in [-0.25, -0.2) is 0 Å². The van der Waals surface area contributed by atoms with Crippen molar-refractivity contribution in [1.29, 1.82) is 0 Å². The van der Waals surface area contributed by atoms with Crippen molar-refractivity contribution < 1.29 is 9.84 Å². The highest BCUT2D eigenvalue weighted by atomic mass is 16.5. The minimum Gasteiger partial charge on any atom is -0.504 e. The maximum Gasteiger partial charge on any atom is 0.161 e. The van der Waals surface area contributed by atoms with Gasteiger partial charge in [-0.3, -0.25) is 0 Å². The summed E-state index contributed by atoms with van der Waals surface area (Å²) in [5, 5.41) is 13.1. The molecule has 0 aromatic heterocycles. The molecule has 0 spiro atoms. The lowest BCUT2D eigenvalue weighted by Gasteiger charge is -2.38. The van der Waals surface area contributed by atoms with Crippen LogP contribution >= 0.6 is 0 Å². The molecular weight excluding hydrogens is 226 g/mol. The summed E-state index contributed by atoms with van der Waals surface area (Å²) in [6.07, 6.45) is 4.03. The molecule has 3 nitrogen and oxygen atoms in total. The summed E-state index contributed by atoms with van der Waals surface area (Å²) in [7, 11) is 0. The number of ether oxygens (including phenoxy) is 1. The molecule has 2 N–H and O–H groups in total. The summed E-state index contributed by atoms with van der Waals surface area (Å²) in [6, 6.07) is 5.55. The lowest BCUT2D eigenvalue weighted by molar-refractivity contribution is 0.156. The van der Waals surface area contributed by atoms with E-state index in [2.05, 4.69) is 12.2 Å². The van der Waals surface area contributed by atoms with Crippen LogP contribution < -0.4 is 10.1 Å². The van der Waals surface area contributed by atoms with E-state index >= 15 is 0 Å². The first-order valence-electron chi connectivity index (χ1n) is 6.78. The third-order valence-corrected chi connectivity index (χ3v) is 3.77. The second-order valence-corrected chi connectivity index (χ2v) is 5.50. The number of aromatic hydroxyl groups is 1. The zero-order chi connectivity index (χ0) is 13.0. The Hall–Kier alpha value is -1.22. The number of phenolic OH excluding ortho intramolecular Hbond substituents is 1. The molecule has 0 unspecified atom stereocenters. The fraction of sp³-hybridized carbons (Fsp3) is 0.600. The monoisotopic (exact) mass is 249 g/mol. The molecule has 0 radical (unpaired) electrons. The highest BCUT2D eigenvalue weighted by Crippen LogP contribution is 2.39. The summed E-state index contributed by atoms with van der Waals surface area (Å²) < 4.78 is 5.38. The number of benzene rings is 1. The van der Waals surface area contributed by atoms with Crippen LogP contribution in [0, 0.1) is 5.41 Å². The maximum absolute atomic E-state index is 9.62. The van der Waals surface area contributed by atoms with E-state index in [1.165, 1.54) is 19.3 Å². The van der Waals surface area contributed by atoms with E-state index in [1.54, 1.807) is 6.07 Å². The average molecular weight is 249 g/mol. The third-order valence-electron chi connectivity index (χ3n) is 3.77. The number of phenols is 1. The molecule has 1 aliphatic rings. The van der Waals surface area contributed by atoms with Crippen molar-refractivity contribution in [2.45, 2.75) is 39.7 Å². The zero-order valence-corrected chi connectivity index (χ0v) is 11.3. The van der Waals surface area contributed by atoms with Gasteiger partial charge in [0.25, 0.3) is 0 Å². The van der Waals surface area contributed by atoms with E-state index in [4.69, 9.17) is 4.74 Å². The van der Waals surface area contributed by atoms with Gasteiger partial charge in [0.05, 0.1) is 6.61 Å². The normalized spacial score (nSPS) is 17.2. The molecule has 0 heterocycles. The predicted octanol–water partition coefficient (Wildman–Crippen LogP) is 3.07. The molecule has 0 aliphatic heterocycles. The predicted molar refractivity (Wildman–Crippen MR) is 72.9 cm³/mol. The molecule has 0 atom stereocenters. The first-order valence-corrected chi connectivity index (χ1v) is 6.78. The van der Waals surface area contributed by atoms with E-state index in [1.807, 2.05) is 19.1 Å². The van der Waals surface area contributed by atoms with Gasteiger partial charge < -0.3 is 15.2 Å². The van der Waals surface area contributed by atoms with Gasteiger partial charge in [0.1, 0.15) is 0 Å². The van der Waals surface area contributed by atoms with Gasteiger partial charge in [0, 0.05) is 13.1 Å². The maximum atomic E-state index is 9.62. The Bertz CT molecular complexity index is 399. The van der Waals surface area contributed by atoms with Crippen LogP contribution in [0.1, 0.15) is 38.7 Å². The summed E-state index contributed by atoms with van der Waals surface area (Å²) in [5.74, 6) is 0.790. The highest BCUT2D eigenvalue weighted by Gasteiger charge is 2.30. The van der Waals surface area contributed by atoms with Crippen LogP contribution in [0.2, 0.25) is 0 Å². The fourth-order valence-corrected chi connectivity index (χ4v) is 2.41. The lowest BCUT2D eigenvalue weighted by atomic mass is 9.70. The first kappa shape index (κ1) is 13.2. The Morgan fingerprint density at radius 2 is 2.17 bits per heavy atom. The zero-order valence-electron chi connectivity index (χ0n) is 11.3. The topological polar surface area (TPSA) is 41.5 Å². The minimum atomic E-state index is 0.214. The first-order chi connectivity index (χ1) is 8.63. The van der Waals surface area contributed by atoms with Crippen molar-refractivity contribution in [1.82, 2.24) is 5.32 Å². The molecule has 1 aromatic carbocycles. The molecule has 1 saturated carbocycles. The Morgan fingerprint density at radius 1 is 1.39 bits per heavy atom. The van der Waals surface area contributed by atoms with Gasteiger partial charge >= 0.3 is 0 Å². The lowest BCUT2D eigenvalue weighted by Crippen LogP contribution is -2.36. The largest absolute Gasteiger partial charge is 0.504 e. The van der Waals surface area contributed by atoms with Crippen molar-refractivity contribution in [2.75, 3.05) is 13.2 Å². The summed E-state index contributed by atoms with van der Waals surface area (Å²) in [6.45, 7) is 6.73. The van der Waals surface area contributed by atoms with Gasteiger partial charge in [-0.15, -0.1) is 0 Å². The van der Waals surface area contributed by atoms with Crippen molar-refractivity contribution in [3.63, 3.8) is 0 Å². The average Bonchev–Trinajstić information content (AvgIpc) is 2.31. The molecule has 0 amide bonds. The molecular formula is C15H23NO2. The van der Waals surface area contributed by atoms with Gasteiger partial charge in [-0.1, -0.05) is 19.4 Å². The van der Waals surface area contributed by atoms with Crippen LogP contribution in [-0.2, 0) is 6.54 Å². The number of hydrogen-bond donors (Lipinski definition) is 2. The summed E-state index contributed by atoms with van der Waals surface area (Å²) in [4.78, 5) is 0. The Labute approximate surface area is 109 Å². The number of nitrogens with one attached hydrogen (secondary N) is 1. The SMILES string of the molecule is CCOc1cc(CNCC2(C)CCC2)ccc1O. The Balaban J connectivity index is 1.86. The van der Waals surface area contributed by atoms with E-state index in [0.717, 1.165) is 18.7 Å². The van der Waals surface area contributed by atoms with Gasteiger partial charge in [-0.2, -0.15) is 0 Å². The molecule has 3 heteroatoms. The van der Waals surface area contributed by atoms with Crippen molar-refractivity contribution in [3.05, 3.63) is 23.8 Å². The second-order valence-electron chi connectivity index (χ2n) is 5.50. The molecule has 100 valence electrons. The van der Waals surface area contributed by atoms with Crippen molar-refractivity contribution >= 4 is 0 Å². The van der Waals surface area contributed by atoms with E-state index < -0.39 is 0 Å². The van der Waals surface area contributed by atoms with E-state index in [0.29, 0.717) is 17.8 Å². The smallest absolute Gasteiger partial charge is 0.161 e. The standard InChI is InChI=1S/C15H23NO2/c1-3-18-14-9-12(5-6-13(14)17)10-16-11-15(2)7-4-8-15/h5-6,9,16-17H,3-4,7-8,10-11H2,1-2H3. The van der Waals surface area contributed by atoms with Crippen LogP contribution in [0.3, 0.4) is 0 Å².